The molecule has 1 N–H and O–H groups in total. The predicted molar refractivity (Wildman–Crippen MR) is 141 cm³/mol. The quantitative estimate of drug-likeness (QED) is 0.403. The SMILES string of the molecule is O=C(NC1CCCCC1)C(Cc1ccccc1)N(Cc1ccccc1)C(=O)Cc1cccc(Cl)c1. The van der Waals surface area contributed by atoms with Crippen molar-refractivity contribution in [3.8, 4) is 0 Å². The molecule has 0 aliphatic heterocycles. The summed E-state index contributed by atoms with van der Waals surface area (Å²) < 4.78 is 0. The number of nitrogens with one attached hydrogen (secondary N) is 1. The zero-order chi connectivity index (χ0) is 24.5. The lowest BCUT2D eigenvalue weighted by Crippen LogP contribution is -2.53. The molecule has 0 heterocycles. The molecule has 1 aliphatic rings. The number of carbonyl (C=O) groups excluding carboxylic acids is 2. The molecule has 4 nitrogen and oxygen atoms in total. The zero-order valence-corrected chi connectivity index (χ0v) is 20.8. The summed E-state index contributed by atoms with van der Waals surface area (Å²) in [6, 6.07) is 26.8. The van der Waals surface area contributed by atoms with Gasteiger partial charge in [-0.1, -0.05) is 104 Å². The summed E-state index contributed by atoms with van der Waals surface area (Å²) in [7, 11) is 0. The van der Waals surface area contributed by atoms with E-state index in [1.807, 2.05) is 78.9 Å². The summed E-state index contributed by atoms with van der Waals surface area (Å²) in [6.07, 6.45) is 6.14. The highest BCUT2D eigenvalue weighted by molar-refractivity contribution is 6.30. The molecule has 4 rings (SSSR count). The largest absolute Gasteiger partial charge is 0.352 e. The molecule has 3 aromatic rings. The van der Waals surface area contributed by atoms with Gasteiger partial charge < -0.3 is 10.2 Å². The van der Waals surface area contributed by atoms with Gasteiger partial charge in [0.2, 0.25) is 11.8 Å². The van der Waals surface area contributed by atoms with Gasteiger partial charge in [-0.25, -0.2) is 0 Å². The Kier molecular flexibility index (Phi) is 8.96. The number of amides is 2. The normalized spacial score (nSPS) is 14.8. The highest BCUT2D eigenvalue weighted by atomic mass is 35.5. The van der Waals surface area contributed by atoms with E-state index in [0.717, 1.165) is 42.4 Å². The fourth-order valence-corrected chi connectivity index (χ4v) is 5.01. The summed E-state index contributed by atoms with van der Waals surface area (Å²) in [5.74, 6) is -0.160. The Morgan fingerprint density at radius 2 is 1.46 bits per heavy atom. The van der Waals surface area contributed by atoms with Gasteiger partial charge in [-0.2, -0.15) is 0 Å². The van der Waals surface area contributed by atoms with Crippen molar-refractivity contribution < 1.29 is 9.59 Å². The molecule has 0 saturated heterocycles. The lowest BCUT2D eigenvalue weighted by Gasteiger charge is -2.33. The number of hydrogen-bond donors (Lipinski definition) is 1. The number of carbonyl (C=O) groups is 2. The van der Waals surface area contributed by atoms with Gasteiger partial charge >= 0.3 is 0 Å². The van der Waals surface area contributed by atoms with Crippen LogP contribution in [0.25, 0.3) is 0 Å². The first kappa shape index (κ1) is 25.0. The van der Waals surface area contributed by atoms with E-state index in [0.29, 0.717) is 18.0 Å². The second-order valence-electron chi connectivity index (χ2n) is 9.36. The maximum Gasteiger partial charge on any atom is 0.243 e. The van der Waals surface area contributed by atoms with Crippen molar-refractivity contribution in [3.05, 3.63) is 107 Å². The molecule has 182 valence electrons. The Morgan fingerprint density at radius 1 is 0.829 bits per heavy atom. The van der Waals surface area contributed by atoms with Gasteiger partial charge in [0.1, 0.15) is 6.04 Å². The third-order valence-electron chi connectivity index (χ3n) is 6.66. The molecule has 3 aromatic carbocycles. The van der Waals surface area contributed by atoms with Gasteiger partial charge in [-0.15, -0.1) is 0 Å². The van der Waals surface area contributed by atoms with Crippen LogP contribution in [0, 0.1) is 0 Å². The molecule has 2 amide bonds. The molecule has 0 spiro atoms. The average Bonchev–Trinajstić information content (AvgIpc) is 2.88. The van der Waals surface area contributed by atoms with Crippen LogP contribution in [0.3, 0.4) is 0 Å². The topological polar surface area (TPSA) is 49.4 Å². The van der Waals surface area contributed by atoms with Crippen LogP contribution in [0.2, 0.25) is 5.02 Å². The minimum Gasteiger partial charge on any atom is -0.352 e. The minimum atomic E-state index is -0.605. The molecule has 0 aromatic heterocycles. The Labute approximate surface area is 213 Å². The molecule has 35 heavy (non-hydrogen) atoms. The van der Waals surface area contributed by atoms with E-state index in [1.54, 1.807) is 11.0 Å². The Bertz CT molecular complexity index is 1100. The molecule has 5 heteroatoms. The third-order valence-corrected chi connectivity index (χ3v) is 6.90. The van der Waals surface area contributed by atoms with Gasteiger partial charge in [0.05, 0.1) is 6.42 Å². The monoisotopic (exact) mass is 488 g/mol. The maximum atomic E-state index is 13.8. The number of rotatable bonds is 9. The highest BCUT2D eigenvalue weighted by Crippen LogP contribution is 2.21. The fraction of sp³-hybridized carbons (Fsp3) is 0.333. The minimum absolute atomic E-state index is 0.0730. The second kappa shape index (κ2) is 12.6. The first-order chi connectivity index (χ1) is 17.1. The summed E-state index contributed by atoms with van der Waals surface area (Å²) in [5, 5.41) is 3.88. The van der Waals surface area contributed by atoms with E-state index >= 15 is 0 Å². The van der Waals surface area contributed by atoms with E-state index in [-0.39, 0.29) is 24.3 Å². The smallest absolute Gasteiger partial charge is 0.243 e. The lowest BCUT2D eigenvalue weighted by atomic mass is 9.94. The standard InChI is InChI=1S/C30H33ClN2O2/c31-26-16-10-15-25(19-26)21-29(34)33(22-24-13-6-2-7-14-24)28(20-23-11-4-1-5-12-23)30(35)32-27-17-8-3-9-18-27/h1-2,4-7,10-16,19,27-28H,3,8-9,17-18,20-22H2,(H,32,35). The van der Waals surface area contributed by atoms with Gasteiger partial charge in [0.15, 0.2) is 0 Å². The van der Waals surface area contributed by atoms with Crippen LogP contribution in [-0.2, 0) is 29.0 Å². The van der Waals surface area contributed by atoms with Crippen LogP contribution in [0.15, 0.2) is 84.9 Å². The van der Waals surface area contributed by atoms with E-state index in [9.17, 15) is 9.59 Å². The fourth-order valence-electron chi connectivity index (χ4n) is 4.80. The summed E-state index contributed by atoms with van der Waals surface area (Å²) in [4.78, 5) is 29.2. The van der Waals surface area contributed by atoms with Crippen molar-refractivity contribution in [3.63, 3.8) is 0 Å². The van der Waals surface area contributed by atoms with Crippen LogP contribution in [0.4, 0.5) is 0 Å². The molecule has 1 aliphatic carbocycles. The van der Waals surface area contributed by atoms with Gasteiger partial charge in [-0.05, 0) is 41.7 Å². The Morgan fingerprint density at radius 3 is 2.11 bits per heavy atom. The molecule has 0 radical (unpaired) electrons. The third kappa shape index (κ3) is 7.43. The van der Waals surface area contributed by atoms with Crippen molar-refractivity contribution in [1.82, 2.24) is 10.2 Å². The molecule has 1 unspecified atom stereocenters. The van der Waals surface area contributed by atoms with E-state index in [4.69, 9.17) is 11.6 Å². The molecule has 1 fully saturated rings. The maximum absolute atomic E-state index is 13.8. The van der Waals surface area contributed by atoms with Crippen LogP contribution >= 0.6 is 11.6 Å². The van der Waals surface area contributed by atoms with Crippen LogP contribution in [-0.4, -0.2) is 28.8 Å². The molecular formula is C30H33ClN2O2. The predicted octanol–water partition coefficient (Wildman–Crippen LogP) is 5.97. The Balaban J connectivity index is 1.63. The molecule has 1 atom stereocenters. The lowest BCUT2D eigenvalue weighted by molar-refractivity contribution is -0.141. The van der Waals surface area contributed by atoms with Crippen molar-refractivity contribution >= 4 is 23.4 Å². The van der Waals surface area contributed by atoms with Crippen molar-refractivity contribution in [2.75, 3.05) is 0 Å². The number of hydrogen-bond acceptors (Lipinski definition) is 2. The van der Waals surface area contributed by atoms with Gasteiger partial charge in [0.25, 0.3) is 0 Å². The zero-order valence-electron chi connectivity index (χ0n) is 20.0. The number of benzene rings is 3. The van der Waals surface area contributed by atoms with E-state index in [2.05, 4.69) is 5.32 Å². The van der Waals surface area contributed by atoms with E-state index in [1.165, 1.54) is 6.42 Å². The first-order valence-electron chi connectivity index (χ1n) is 12.5. The highest BCUT2D eigenvalue weighted by Gasteiger charge is 2.31. The van der Waals surface area contributed by atoms with Crippen LogP contribution < -0.4 is 5.32 Å². The van der Waals surface area contributed by atoms with E-state index < -0.39 is 6.04 Å². The Hall–Kier alpha value is -3.11. The number of nitrogens with zero attached hydrogens (tertiary/aromatic N) is 1. The van der Waals surface area contributed by atoms with Crippen LogP contribution in [0.1, 0.15) is 48.8 Å². The summed E-state index contributed by atoms with van der Waals surface area (Å²) in [5.41, 5.74) is 2.87. The molecule has 1 saturated carbocycles. The first-order valence-corrected chi connectivity index (χ1v) is 12.9. The number of halogens is 1. The second-order valence-corrected chi connectivity index (χ2v) is 9.80. The summed E-state index contributed by atoms with van der Waals surface area (Å²) in [6.45, 7) is 0.371. The molecular weight excluding hydrogens is 456 g/mol. The average molecular weight is 489 g/mol. The van der Waals surface area contributed by atoms with Crippen molar-refractivity contribution in [2.45, 2.75) is 63.6 Å². The summed E-state index contributed by atoms with van der Waals surface area (Å²) >= 11 is 6.18. The van der Waals surface area contributed by atoms with Crippen molar-refractivity contribution in [1.29, 1.82) is 0 Å². The molecule has 0 bridgehead atoms. The van der Waals surface area contributed by atoms with Gasteiger partial charge in [-0.3, -0.25) is 9.59 Å². The van der Waals surface area contributed by atoms with Crippen LogP contribution in [0.5, 0.6) is 0 Å². The van der Waals surface area contributed by atoms with Gasteiger partial charge in [0, 0.05) is 24.0 Å². The van der Waals surface area contributed by atoms with Crippen molar-refractivity contribution in [2.24, 2.45) is 0 Å².